The molecule has 0 saturated heterocycles. The molecule has 0 saturated carbocycles. The minimum absolute atomic E-state index is 0.146. The van der Waals surface area contributed by atoms with E-state index in [1.54, 1.807) is 0 Å². The molecule has 0 atom stereocenters. The first kappa shape index (κ1) is 41.6. The maximum Gasteiger partial charge on any atom is 0.0462 e. The minimum Gasteiger partial charge on any atom is -0.311 e. The summed E-state index contributed by atoms with van der Waals surface area (Å²) in [7, 11) is 0. The van der Waals surface area contributed by atoms with E-state index < -0.39 is 0 Å². The Balaban J connectivity index is 1.30. The van der Waals surface area contributed by atoms with E-state index >= 15 is 0 Å². The lowest BCUT2D eigenvalue weighted by Crippen LogP contribution is -2.17. The second kappa shape index (κ2) is 18.9. The number of nitrogens with zero attached hydrogens (tertiary/aromatic N) is 2. The van der Waals surface area contributed by atoms with Crippen molar-refractivity contribution in [2.45, 2.75) is 124 Å². The summed E-state index contributed by atoms with van der Waals surface area (Å²) in [5.74, 6) is 0. The number of rotatable bonds is 18. The van der Waals surface area contributed by atoms with E-state index in [0.29, 0.717) is 0 Å². The highest BCUT2D eigenvalue weighted by Crippen LogP contribution is 2.40. The summed E-state index contributed by atoms with van der Waals surface area (Å²) >= 11 is 0. The zero-order valence-corrected chi connectivity index (χ0v) is 36.1. The highest BCUT2D eigenvalue weighted by molar-refractivity contribution is 5.81. The van der Waals surface area contributed by atoms with Crippen molar-refractivity contribution in [2.75, 3.05) is 9.80 Å². The van der Waals surface area contributed by atoms with Gasteiger partial charge in [-0.1, -0.05) is 147 Å². The second-order valence-electron chi connectivity index (χ2n) is 17.3. The predicted molar refractivity (Wildman–Crippen MR) is 250 cm³/mol. The first-order valence-corrected chi connectivity index (χ1v) is 21.8. The molecular weight excluding hydrogens is 689 g/mol. The number of aryl methyl sites for hydroxylation is 2. The van der Waals surface area contributed by atoms with Gasteiger partial charge < -0.3 is 9.80 Å². The molecule has 6 aromatic carbocycles. The van der Waals surface area contributed by atoms with Crippen LogP contribution in [0.5, 0.6) is 0 Å². The standard InChI is InChI=1S/C55H66N2/c1-9-13-15-42-17-29-48(30-18-42)56(52-37-25-46(26-38-52)54(5,6)12-4)50-33-21-44(22-34-50)45-23-35-51(36-24-45)57(49-31-19-43(20-32-49)16-14-10-2)53-39-27-47(28-40-53)55(7,8)41-11-3/h17-40H,9-16,41H2,1-8H3. The van der Waals surface area contributed by atoms with Crippen molar-refractivity contribution >= 4 is 34.1 Å². The molecule has 0 aliphatic rings. The Labute approximate surface area is 345 Å². The lowest BCUT2D eigenvalue weighted by Gasteiger charge is -2.29. The Hall–Kier alpha value is -5.08. The number of hydrogen-bond acceptors (Lipinski definition) is 2. The zero-order valence-electron chi connectivity index (χ0n) is 36.1. The molecule has 0 heterocycles. The van der Waals surface area contributed by atoms with Crippen molar-refractivity contribution in [1.29, 1.82) is 0 Å². The van der Waals surface area contributed by atoms with Gasteiger partial charge in [-0.3, -0.25) is 0 Å². The lowest BCUT2D eigenvalue weighted by atomic mass is 9.81. The van der Waals surface area contributed by atoms with Crippen LogP contribution in [-0.4, -0.2) is 0 Å². The van der Waals surface area contributed by atoms with E-state index in [1.807, 2.05) is 0 Å². The molecule has 0 amide bonds. The molecule has 0 spiro atoms. The van der Waals surface area contributed by atoms with Gasteiger partial charge in [0.25, 0.3) is 0 Å². The maximum absolute atomic E-state index is 2.39. The molecule has 0 radical (unpaired) electrons. The van der Waals surface area contributed by atoms with E-state index in [9.17, 15) is 0 Å². The van der Waals surface area contributed by atoms with Gasteiger partial charge in [0.1, 0.15) is 0 Å². The van der Waals surface area contributed by atoms with Crippen molar-refractivity contribution in [1.82, 2.24) is 0 Å². The van der Waals surface area contributed by atoms with Gasteiger partial charge in [0.05, 0.1) is 0 Å². The molecule has 0 aliphatic heterocycles. The topological polar surface area (TPSA) is 6.48 Å². The van der Waals surface area contributed by atoms with E-state index in [0.717, 1.165) is 30.6 Å². The third-order valence-corrected chi connectivity index (χ3v) is 12.2. The third-order valence-electron chi connectivity index (χ3n) is 12.2. The van der Waals surface area contributed by atoms with Gasteiger partial charge >= 0.3 is 0 Å². The fourth-order valence-electron chi connectivity index (χ4n) is 7.98. The molecule has 57 heavy (non-hydrogen) atoms. The van der Waals surface area contributed by atoms with E-state index in [-0.39, 0.29) is 10.8 Å². The summed E-state index contributed by atoms with van der Waals surface area (Å²) < 4.78 is 0. The normalized spacial score (nSPS) is 11.8. The van der Waals surface area contributed by atoms with Crippen molar-refractivity contribution in [3.8, 4) is 11.1 Å². The summed E-state index contributed by atoms with van der Waals surface area (Å²) in [6.45, 7) is 18.4. The molecular formula is C55H66N2. The Morgan fingerprint density at radius 3 is 0.947 bits per heavy atom. The molecule has 0 bridgehead atoms. The molecule has 0 aromatic heterocycles. The molecule has 2 nitrogen and oxygen atoms in total. The minimum atomic E-state index is 0.146. The Kier molecular flexibility index (Phi) is 13.8. The van der Waals surface area contributed by atoms with Gasteiger partial charge in [0, 0.05) is 34.1 Å². The van der Waals surface area contributed by atoms with Crippen LogP contribution in [0.25, 0.3) is 11.1 Å². The van der Waals surface area contributed by atoms with Gasteiger partial charge in [0.2, 0.25) is 0 Å². The number of hydrogen-bond donors (Lipinski definition) is 0. The van der Waals surface area contributed by atoms with Crippen molar-refractivity contribution in [3.63, 3.8) is 0 Å². The Morgan fingerprint density at radius 2 is 0.649 bits per heavy atom. The second-order valence-corrected chi connectivity index (χ2v) is 17.3. The number of benzene rings is 6. The van der Waals surface area contributed by atoms with Gasteiger partial charge in [-0.25, -0.2) is 0 Å². The molecule has 0 fully saturated rings. The van der Waals surface area contributed by atoms with Crippen LogP contribution in [0.15, 0.2) is 146 Å². The third kappa shape index (κ3) is 10.1. The molecule has 6 rings (SSSR count). The summed E-state index contributed by atoms with van der Waals surface area (Å²) in [6.07, 6.45) is 10.6. The van der Waals surface area contributed by atoms with Crippen LogP contribution in [0.2, 0.25) is 0 Å². The van der Waals surface area contributed by atoms with Crippen LogP contribution < -0.4 is 9.80 Å². The summed E-state index contributed by atoms with van der Waals surface area (Å²) in [4.78, 5) is 4.78. The van der Waals surface area contributed by atoms with Crippen molar-refractivity contribution < 1.29 is 0 Å². The maximum atomic E-state index is 2.39. The molecule has 0 aliphatic carbocycles. The zero-order chi connectivity index (χ0) is 40.4. The molecule has 6 aromatic rings. The van der Waals surface area contributed by atoms with Crippen LogP contribution in [0.3, 0.4) is 0 Å². The Morgan fingerprint density at radius 1 is 0.351 bits per heavy atom. The van der Waals surface area contributed by atoms with Crippen LogP contribution in [-0.2, 0) is 23.7 Å². The first-order valence-electron chi connectivity index (χ1n) is 21.8. The average Bonchev–Trinajstić information content (AvgIpc) is 3.24. The van der Waals surface area contributed by atoms with Crippen LogP contribution in [0.4, 0.5) is 34.1 Å². The first-order chi connectivity index (χ1) is 27.6. The highest BCUT2D eigenvalue weighted by Gasteiger charge is 2.22. The van der Waals surface area contributed by atoms with Crippen LogP contribution >= 0.6 is 0 Å². The van der Waals surface area contributed by atoms with Crippen molar-refractivity contribution in [2.24, 2.45) is 0 Å². The van der Waals surface area contributed by atoms with Gasteiger partial charge in [0.15, 0.2) is 0 Å². The summed E-state index contributed by atoms with van der Waals surface area (Å²) in [5.41, 5.74) is 15.3. The number of anilines is 6. The smallest absolute Gasteiger partial charge is 0.0462 e. The highest BCUT2D eigenvalue weighted by atomic mass is 15.1. The monoisotopic (exact) mass is 755 g/mol. The van der Waals surface area contributed by atoms with Crippen molar-refractivity contribution in [3.05, 3.63) is 168 Å². The molecule has 0 unspecified atom stereocenters. The lowest BCUT2D eigenvalue weighted by molar-refractivity contribution is 0.473. The van der Waals surface area contributed by atoms with Gasteiger partial charge in [-0.15, -0.1) is 0 Å². The van der Waals surface area contributed by atoms with Gasteiger partial charge in [-0.05, 0) is 156 Å². The van der Waals surface area contributed by atoms with E-state index in [4.69, 9.17) is 0 Å². The average molecular weight is 755 g/mol. The summed E-state index contributed by atoms with van der Waals surface area (Å²) in [5, 5.41) is 0. The fourth-order valence-corrected chi connectivity index (χ4v) is 7.98. The van der Waals surface area contributed by atoms with E-state index in [2.05, 4.69) is 211 Å². The summed E-state index contributed by atoms with van der Waals surface area (Å²) in [6, 6.07) is 55.0. The molecule has 0 N–H and O–H groups in total. The predicted octanol–water partition coefficient (Wildman–Crippen LogP) is 16.7. The fraction of sp³-hybridized carbons (Fsp3) is 0.345. The Bertz CT molecular complexity index is 2100. The quantitative estimate of drug-likeness (QED) is 0.0862. The molecule has 2 heteroatoms. The van der Waals surface area contributed by atoms with Crippen LogP contribution in [0, 0.1) is 0 Å². The number of unbranched alkanes of at least 4 members (excludes halogenated alkanes) is 2. The molecule has 296 valence electrons. The van der Waals surface area contributed by atoms with Crippen LogP contribution in [0.1, 0.15) is 123 Å². The largest absolute Gasteiger partial charge is 0.311 e. The van der Waals surface area contributed by atoms with Gasteiger partial charge in [-0.2, -0.15) is 0 Å². The SMILES string of the molecule is CCCCc1ccc(N(c2ccc(-c3ccc(N(c4ccc(CCCC)cc4)c4ccc(C(C)(C)CCC)cc4)cc3)cc2)c2ccc(C(C)(C)CC)cc2)cc1. The van der Waals surface area contributed by atoms with E-state index in [1.165, 1.54) is 94.7 Å².